The van der Waals surface area contributed by atoms with E-state index in [2.05, 4.69) is 0 Å². The summed E-state index contributed by atoms with van der Waals surface area (Å²) >= 11 is 6.40. The molecule has 0 amide bonds. The third-order valence-corrected chi connectivity index (χ3v) is 5.28. The number of carbonyl (C=O) groups excluding carboxylic acids is 1. The van der Waals surface area contributed by atoms with Gasteiger partial charge in [-0.1, -0.05) is 61.0 Å². The van der Waals surface area contributed by atoms with Gasteiger partial charge in [-0.3, -0.25) is 0 Å². The van der Waals surface area contributed by atoms with Gasteiger partial charge in [-0.2, -0.15) is 0 Å². The Labute approximate surface area is 192 Å². The van der Waals surface area contributed by atoms with Crippen LogP contribution in [0.1, 0.15) is 42.5 Å². The third-order valence-electron chi connectivity index (χ3n) is 4.97. The molecule has 0 aliphatic rings. The molecule has 0 unspecified atom stereocenters. The largest absolute Gasteiger partial charge is 0.508 e. The normalized spacial score (nSPS) is 12.0. The number of esters is 1. The van der Waals surface area contributed by atoms with E-state index in [9.17, 15) is 14.3 Å². The fourth-order valence-corrected chi connectivity index (χ4v) is 3.78. The minimum Gasteiger partial charge on any atom is -0.508 e. The minimum absolute atomic E-state index is 0.172. The van der Waals surface area contributed by atoms with Crippen molar-refractivity contribution in [3.05, 3.63) is 106 Å². The van der Waals surface area contributed by atoms with Gasteiger partial charge in [0, 0.05) is 6.08 Å². The maximum atomic E-state index is 13.7. The van der Waals surface area contributed by atoms with Gasteiger partial charge in [0.2, 0.25) is 0 Å². The molecule has 0 heterocycles. The molecule has 0 saturated carbocycles. The minimum atomic E-state index is -0.391. The molecule has 0 atom stereocenters. The highest BCUT2D eigenvalue weighted by Crippen LogP contribution is 2.37. The molecular weight excluding hydrogens is 427 g/mol. The molecule has 0 fully saturated rings. The first-order valence-corrected chi connectivity index (χ1v) is 10.7. The van der Waals surface area contributed by atoms with Gasteiger partial charge in [-0.05, 0) is 77.1 Å². The van der Waals surface area contributed by atoms with E-state index in [1.54, 1.807) is 31.2 Å². The van der Waals surface area contributed by atoms with Crippen LogP contribution in [0.4, 0.5) is 4.39 Å². The quantitative estimate of drug-likeness (QED) is 0.236. The number of phenolic OH excluding ortho intramolecular Hbond substituents is 1. The first kappa shape index (κ1) is 23.3. The van der Waals surface area contributed by atoms with Crippen LogP contribution >= 0.6 is 11.6 Å². The van der Waals surface area contributed by atoms with Crippen LogP contribution in [0.25, 0.3) is 17.2 Å². The summed E-state index contributed by atoms with van der Waals surface area (Å²) in [4.78, 5) is 11.6. The standard InChI is InChI=1S/C27H24ClFO3/c1-3-23(24-15-12-21(29)17-25(24)28)27(20-10-13-22(30)14-11-20)19-8-5-18(6-9-19)7-16-26(31)32-4-2/h5-17,30H,3-4H2,1-2H3/b16-7+,27-23+. The third kappa shape index (κ3) is 5.65. The van der Waals surface area contributed by atoms with Gasteiger partial charge in [0.05, 0.1) is 11.6 Å². The second-order valence-electron chi connectivity index (χ2n) is 7.09. The number of aromatic hydroxyl groups is 1. The summed E-state index contributed by atoms with van der Waals surface area (Å²) in [6, 6.07) is 19.1. The van der Waals surface area contributed by atoms with E-state index in [1.165, 1.54) is 18.2 Å². The van der Waals surface area contributed by atoms with E-state index in [0.717, 1.165) is 33.4 Å². The lowest BCUT2D eigenvalue weighted by molar-refractivity contribution is -0.137. The smallest absolute Gasteiger partial charge is 0.330 e. The van der Waals surface area contributed by atoms with Crippen LogP contribution in [0.15, 0.2) is 72.8 Å². The number of benzene rings is 3. The number of hydrogen-bond acceptors (Lipinski definition) is 3. The Morgan fingerprint density at radius 3 is 2.19 bits per heavy atom. The second-order valence-corrected chi connectivity index (χ2v) is 7.49. The van der Waals surface area contributed by atoms with Crippen molar-refractivity contribution in [1.29, 1.82) is 0 Å². The van der Waals surface area contributed by atoms with Crippen LogP contribution in [-0.4, -0.2) is 17.7 Å². The average Bonchev–Trinajstić information content (AvgIpc) is 2.78. The number of ether oxygens (including phenoxy) is 1. The topological polar surface area (TPSA) is 46.5 Å². The van der Waals surface area contributed by atoms with Crippen molar-refractivity contribution < 1.29 is 19.0 Å². The number of phenols is 1. The predicted octanol–water partition coefficient (Wildman–Crippen LogP) is 7.13. The Hall–Kier alpha value is -3.37. The zero-order valence-electron chi connectivity index (χ0n) is 17.9. The summed E-state index contributed by atoms with van der Waals surface area (Å²) in [7, 11) is 0. The molecule has 5 heteroatoms. The monoisotopic (exact) mass is 450 g/mol. The molecule has 0 bridgehead atoms. The molecule has 3 nitrogen and oxygen atoms in total. The molecule has 3 aromatic carbocycles. The number of halogens is 2. The van der Waals surface area contributed by atoms with Crippen molar-refractivity contribution in [1.82, 2.24) is 0 Å². The summed E-state index contributed by atoms with van der Waals surface area (Å²) < 4.78 is 18.6. The lowest BCUT2D eigenvalue weighted by Crippen LogP contribution is -1.98. The van der Waals surface area contributed by atoms with Gasteiger partial charge < -0.3 is 9.84 Å². The molecule has 0 aliphatic carbocycles. The van der Waals surface area contributed by atoms with Crippen molar-refractivity contribution in [2.45, 2.75) is 20.3 Å². The summed E-state index contributed by atoms with van der Waals surface area (Å²) in [5.74, 6) is -0.607. The second kappa shape index (κ2) is 10.8. The van der Waals surface area contributed by atoms with E-state index in [4.69, 9.17) is 16.3 Å². The Kier molecular flexibility index (Phi) is 7.85. The summed E-state index contributed by atoms with van der Waals surface area (Å²) in [5, 5.41) is 10.1. The maximum Gasteiger partial charge on any atom is 0.330 e. The van der Waals surface area contributed by atoms with Gasteiger partial charge in [-0.15, -0.1) is 0 Å². The Morgan fingerprint density at radius 1 is 1.00 bits per heavy atom. The average molecular weight is 451 g/mol. The first-order chi connectivity index (χ1) is 15.4. The predicted molar refractivity (Wildman–Crippen MR) is 128 cm³/mol. The highest BCUT2D eigenvalue weighted by molar-refractivity contribution is 6.32. The zero-order chi connectivity index (χ0) is 23.1. The Balaban J connectivity index is 2.12. The SMILES string of the molecule is CCOC(=O)/C=C/c1ccc(/C(=C(/CC)c2ccc(F)cc2Cl)c2ccc(O)cc2)cc1. The summed E-state index contributed by atoms with van der Waals surface area (Å²) in [5.41, 5.74) is 5.32. The van der Waals surface area contributed by atoms with Gasteiger partial charge in [-0.25, -0.2) is 9.18 Å². The number of carbonyl (C=O) groups is 1. The summed E-state index contributed by atoms with van der Waals surface area (Å²) in [6.07, 6.45) is 3.75. The molecule has 0 aromatic heterocycles. The Morgan fingerprint density at radius 2 is 1.62 bits per heavy atom. The van der Waals surface area contributed by atoms with Crippen molar-refractivity contribution in [2.24, 2.45) is 0 Å². The molecule has 0 saturated heterocycles. The zero-order valence-corrected chi connectivity index (χ0v) is 18.7. The number of rotatable bonds is 7. The molecule has 0 spiro atoms. The van der Waals surface area contributed by atoms with E-state index in [0.29, 0.717) is 18.1 Å². The van der Waals surface area contributed by atoms with E-state index < -0.39 is 5.82 Å². The fourth-order valence-electron chi connectivity index (χ4n) is 3.49. The van der Waals surface area contributed by atoms with Gasteiger partial charge in [0.1, 0.15) is 11.6 Å². The molecule has 3 aromatic rings. The van der Waals surface area contributed by atoms with Crippen molar-refractivity contribution in [2.75, 3.05) is 6.61 Å². The highest BCUT2D eigenvalue weighted by atomic mass is 35.5. The van der Waals surface area contributed by atoms with Gasteiger partial charge in [0.25, 0.3) is 0 Å². The van der Waals surface area contributed by atoms with Gasteiger partial charge in [0.15, 0.2) is 0 Å². The van der Waals surface area contributed by atoms with E-state index in [1.807, 2.05) is 43.3 Å². The number of hydrogen-bond donors (Lipinski definition) is 1. The lowest BCUT2D eigenvalue weighted by atomic mass is 9.88. The first-order valence-electron chi connectivity index (χ1n) is 10.4. The maximum absolute atomic E-state index is 13.7. The molecule has 0 aliphatic heterocycles. The van der Waals surface area contributed by atoms with Crippen LogP contribution in [0.5, 0.6) is 5.75 Å². The fraction of sp³-hybridized carbons (Fsp3) is 0.148. The van der Waals surface area contributed by atoms with Crippen LogP contribution in [0, 0.1) is 5.82 Å². The highest BCUT2D eigenvalue weighted by Gasteiger charge is 2.16. The van der Waals surface area contributed by atoms with Crippen LogP contribution in [-0.2, 0) is 9.53 Å². The molecule has 164 valence electrons. The molecule has 32 heavy (non-hydrogen) atoms. The van der Waals surface area contributed by atoms with Crippen molar-refractivity contribution in [3.63, 3.8) is 0 Å². The summed E-state index contributed by atoms with van der Waals surface area (Å²) in [6.45, 7) is 4.11. The van der Waals surface area contributed by atoms with Crippen LogP contribution in [0.2, 0.25) is 5.02 Å². The lowest BCUT2D eigenvalue weighted by Gasteiger charge is -2.17. The number of allylic oxidation sites excluding steroid dienone is 1. The van der Waals surface area contributed by atoms with E-state index in [-0.39, 0.29) is 11.7 Å². The Bertz CT molecular complexity index is 1150. The van der Waals surface area contributed by atoms with Crippen LogP contribution in [0.3, 0.4) is 0 Å². The van der Waals surface area contributed by atoms with Crippen molar-refractivity contribution >= 4 is 34.8 Å². The van der Waals surface area contributed by atoms with E-state index >= 15 is 0 Å². The van der Waals surface area contributed by atoms with Crippen LogP contribution < -0.4 is 0 Å². The van der Waals surface area contributed by atoms with Crippen molar-refractivity contribution in [3.8, 4) is 5.75 Å². The molecular formula is C27H24ClFO3. The molecule has 1 N–H and O–H groups in total. The van der Waals surface area contributed by atoms with Gasteiger partial charge >= 0.3 is 5.97 Å². The molecule has 3 rings (SSSR count). The molecule has 0 radical (unpaired) electrons.